The summed E-state index contributed by atoms with van der Waals surface area (Å²) in [6.07, 6.45) is 7.66. The Balaban J connectivity index is 2.18. The Morgan fingerprint density at radius 3 is 2.76 bits per heavy atom. The van der Waals surface area contributed by atoms with Crippen molar-refractivity contribution in [1.82, 2.24) is 4.98 Å². The summed E-state index contributed by atoms with van der Waals surface area (Å²) in [7, 11) is 0. The number of hydrogen-bond acceptors (Lipinski definition) is 3. The molecule has 0 aromatic carbocycles. The molecule has 21 heavy (non-hydrogen) atoms. The van der Waals surface area contributed by atoms with Gasteiger partial charge in [-0.3, -0.25) is 4.98 Å². The predicted octanol–water partition coefficient (Wildman–Crippen LogP) is 3.95. The van der Waals surface area contributed by atoms with Crippen LogP contribution < -0.4 is 4.74 Å². The summed E-state index contributed by atoms with van der Waals surface area (Å²) in [5.74, 6) is 1.75. The van der Waals surface area contributed by atoms with E-state index in [1.165, 1.54) is 6.42 Å². The van der Waals surface area contributed by atoms with Crippen LogP contribution in [0.25, 0.3) is 0 Å². The van der Waals surface area contributed by atoms with Gasteiger partial charge in [-0.15, -0.1) is 0 Å². The van der Waals surface area contributed by atoms with Crippen LogP contribution in [0.1, 0.15) is 58.9 Å². The third kappa shape index (κ3) is 3.76. The second kappa shape index (κ2) is 6.78. The van der Waals surface area contributed by atoms with Gasteiger partial charge in [0.1, 0.15) is 5.75 Å². The number of aliphatic hydroxyl groups is 1. The molecule has 1 aliphatic rings. The molecule has 0 aliphatic heterocycles. The van der Waals surface area contributed by atoms with Crippen molar-refractivity contribution in [2.75, 3.05) is 6.61 Å². The smallest absolute Gasteiger partial charge is 0.137 e. The molecule has 2 rings (SSSR count). The lowest BCUT2D eigenvalue weighted by Crippen LogP contribution is -2.41. The molecule has 118 valence electrons. The van der Waals surface area contributed by atoms with Crippen molar-refractivity contribution in [2.45, 2.75) is 64.9 Å². The fourth-order valence-corrected chi connectivity index (χ4v) is 3.48. The molecular formula is C18H29NO2. The summed E-state index contributed by atoms with van der Waals surface area (Å²) in [5, 5.41) is 10.5. The van der Waals surface area contributed by atoms with Gasteiger partial charge >= 0.3 is 0 Å². The van der Waals surface area contributed by atoms with E-state index in [-0.39, 0.29) is 17.4 Å². The molecule has 1 N–H and O–H groups in total. The minimum absolute atomic E-state index is 0.0852. The van der Waals surface area contributed by atoms with Crippen LogP contribution in [-0.2, 0) is 5.41 Å². The Morgan fingerprint density at radius 1 is 1.33 bits per heavy atom. The molecule has 3 heteroatoms. The van der Waals surface area contributed by atoms with Crippen LogP contribution in [0.15, 0.2) is 18.5 Å². The summed E-state index contributed by atoms with van der Waals surface area (Å²) < 4.78 is 5.70. The van der Waals surface area contributed by atoms with Gasteiger partial charge in [0, 0.05) is 6.20 Å². The molecule has 1 aliphatic carbocycles. The molecule has 1 aromatic rings. The highest BCUT2D eigenvalue weighted by molar-refractivity contribution is 5.30. The predicted molar refractivity (Wildman–Crippen MR) is 85.6 cm³/mol. The van der Waals surface area contributed by atoms with E-state index in [0.29, 0.717) is 5.92 Å². The molecule has 1 aromatic heterocycles. The number of hydrogen-bond donors (Lipinski definition) is 1. The van der Waals surface area contributed by atoms with Crippen LogP contribution in [0.3, 0.4) is 0 Å². The highest BCUT2D eigenvalue weighted by Gasteiger charge is 2.39. The molecule has 0 saturated heterocycles. The van der Waals surface area contributed by atoms with Crippen LogP contribution in [0.4, 0.5) is 0 Å². The van der Waals surface area contributed by atoms with Gasteiger partial charge in [-0.2, -0.15) is 0 Å². The summed E-state index contributed by atoms with van der Waals surface area (Å²) in [4.78, 5) is 4.33. The van der Waals surface area contributed by atoms with Crippen molar-refractivity contribution in [1.29, 1.82) is 0 Å². The van der Waals surface area contributed by atoms with E-state index in [9.17, 15) is 5.11 Å². The van der Waals surface area contributed by atoms with Crippen LogP contribution in [-0.4, -0.2) is 22.8 Å². The van der Waals surface area contributed by atoms with Gasteiger partial charge in [0.25, 0.3) is 0 Å². The van der Waals surface area contributed by atoms with Crippen LogP contribution in [0.2, 0.25) is 0 Å². The van der Waals surface area contributed by atoms with E-state index >= 15 is 0 Å². The average molecular weight is 291 g/mol. The molecule has 3 atom stereocenters. The van der Waals surface area contributed by atoms with Crippen molar-refractivity contribution in [2.24, 2.45) is 11.8 Å². The second-order valence-electron chi connectivity index (χ2n) is 7.07. The fourth-order valence-electron chi connectivity index (χ4n) is 3.48. The molecule has 0 bridgehead atoms. The molecule has 3 nitrogen and oxygen atoms in total. The SMILES string of the molecule is CCCOc1cncc(C(C)(C)C2CCC(C)CC2O)c1. The third-order valence-electron chi connectivity index (χ3n) is 4.94. The van der Waals surface area contributed by atoms with E-state index in [0.717, 1.165) is 37.2 Å². The molecule has 0 spiro atoms. The van der Waals surface area contributed by atoms with Crippen molar-refractivity contribution >= 4 is 0 Å². The highest BCUT2D eigenvalue weighted by Crippen LogP contribution is 2.42. The van der Waals surface area contributed by atoms with Crippen LogP contribution in [0.5, 0.6) is 5.75 Å². The normalized spacial score (nSPS) is 26.6. The summed E-state index contributed by atoms with van der Waals surface area (Å²) >= 11 is 0. The number of ether oxygens (including phenoxy) is 1. The average Bonchev–Trinajstić information content (AvgIpc) is 2.45. The van der Waals surface area contributed by atoms with Crippen molar-refractivity contribution in [3.05, 3.63) is 24.0 Å². The van der Waals surface area contributed by atoms with E-state index in [1.54, 1.807) is 6.20 Å². The zero-order valence-corrected chi connectivity index (χ0v) is 13.8. The lowest BCUT2D eigenvalue weighted by molar-refractivity contribution is 0.0142. The van der Waals surface area contributed by atoms with Gasteiger partial charge in [-0.25, -0.2) is 0 Å². The molecule has 1 heterocycles. The van der Waals surface area contributed by atoms with Gasteiger partial charge < -0.3 is 9.84 Å². The van der Waals surface area contributed by atoms with Gasteiger partial charge in [0.15, 0.2) is 0 Å². The quantitative estimate of drug-likeness (QED) is 0.893. The van der Waals surface area contributed by atoms with E-state index in [2.05, 4.69) is 38.7 Å². The Bertz CT molecular complexity index is 458. The number of rotatable bonds is 5. The van der Waals surface area contributed by atoms with Crippen LogP contribution in [0, 0.1) is 11.8 Å². The topological polar surface area (TPSA) is 42.4 Å². The van der Waals surface area contributed by atoms with E-state index < -0.39 is 0 Å². The maximum atomic E-state index is 10.5. The first-order valence-electron chi connectivity index (χ1n) is 8.21. The van der Waals surface area contributed by atoms with E-state index in [4.69, 9.17) is 4.74 Å². The zero-order chi connectivity index (χ0) is 15.5. The molecule has 0 radical (unpaired) electrons. The monoisotopic (exact) mass is 291 g/mol. The van der Waals surface area contributed by atoms with Crippen LogP contribution >= 0.6 is 0 Å². The summed E-state index contributed by atoms with van der Waals surface area (Å²) in [6, 6.07) is 2.09. The summed E-state index contributed by atoms with van der Waals surface area (Å²) in [5.41, 5.74) is 1.08. The first kappa shape index (κ1) is 16.3. The van der Waals surface area contributed by atoms with Gasteiger partial charge in [-0.05, 0) is 48.1 Å². The van der Waals surface area contributed by atoms with Gasteiger partial charge in [0.05, 0.1) is 18.9 Å². The Morgan fingerprint density at radius 2 is 2.10 bits per heavy atom. The van der Waals surface area contributed by atoms with Crippen molar-refractivity contribution < 1.29 is 9.84 Å². The fraction of sp³-hybridized carbons (Fsp3) is 0.722. The second-order valence-corrected chi connectivity index (χ2v) is 7.07. The Kier molecular flexibility index (Phi) is 5.26. The largest absolute Gasteiger partial charge is 0.492 e. The van der Waals surface area contributed by atoms with Gasteiger partial charge in [-0.1, -0.05) is 34.1 Å². The molecular weight excluding hydrogens is 262 g/mol. The third-order valence-corrected chi connectivity index (χ3v) is 4.94. The maximum absolute atomic E-state index is 10.5. The lowest BCUT2D eigenvalue weighted by Gasteiger charge is -2.42. The standard InChI is InChI=1S/C18H29NO2/c1-5-8-21-15-10-14(11-19-12-15)18(3,4)16-7-6-13(2)9-17(16)20/h10-13,16-17,20H,5-9H2,1-4H3. The first-order valence-corrected chi connectivity index (χ1v) is 8.21. The number of aromatic nitrogens is 1. The maximum Gasteiger partial charge on any atom is 0.137 e. The molecule has 3 unspecified atom stereocenters. The molecule has 1 saturated carbocycles. The first-order chi connectivity index (χ1) is 9.95. The zero-order valence-electron chi connectivity index (χ0n) is 13.8. The van der Waals surface area contributed by atoms with E-state index in [1.807, 2.05) is 6.20 Å². The number of pyridine rings is 1. The lowest BCUT2D eigenvalue weighted by atomic mass is 9.65. The Hall–Kier alpha value is -1.09. The van der Waals surface area contributed by atoms with Crippen molar-refractivity contribution in [3.63, 3.8) is 0 Å². The van der Waals surface area contributed by atoms with Gasteiger partial charge in [0.2, 0.25) is 0 Å². The number of nitrogens with zero attached hydrogens (tertiary/aromatic N) is 1. The Labute approximate surface area is 128 Å². The molecule has 0 amide bonds. The highest BCUT2D eigenvalue weighted by atomic mass is 16.5. The summed E-state index contributed by atoms with van der Waals surface area (Å²) in [6.45, 7) is 9.48. The minimum atomic E-state index is -0.219. The van der Waals surface area contributed by atoms with Crippen molar-refractivity contribution in [3.8, 4) is 5.75 Å². The minimum Gasteiger partial charge on any atom is -0.492 e. The molecule has 1 fully saturated rings. The number of aliphatic hydroxyl groups excluding tert-OH is 1.